The Kier molecular flexibility index (Phi) is 8.61. The van der Waals surface area contributed by atoms with Crippen molar-refractivity contribution >= 4 is 29.3 Å². The second-order valence-electron chi connectivity index (χ2n) is 8.00. The molecule has 4 amide bonds. The number of rotatable bonds is 3. The Morgan fingerprint density at radius 1 is 1.18 bits per heavy atom. The van der Waals surface area contributed by atoms with Gasteiger partial charge in [-0.25, -0.2) is 0 Å². The molecular weight excluding hydrogens is 430 g/mol. The first kappa shape index (κ1) is 24.5. The lowest BCUT2D eigenvalue weighted by Gasteiger charge is -2.23. The minimum atomic E-state index is -1.14. The van der Waals surface area contributed by atoms with Gasteiger partial charge in [0.1, 0.15) is 18.4 Å². The summed E-state index contributed by atoms with van der Waals surface area (Å²) in [5, 5.41) is 22.9. The van der Waals surface area contributed by atoms with Crippen LogP contribution in [0, 0.1) is 18.9 Å². The van der Waals surface area contributed by atoms with Crippen molar-refractivity contribution in [1.29, 1.82) is 0 Å². The van der Waals surface area contributed by atoms with Crippen LogP contribution in [0.25, 0.3) is 0 Å². The van der Waals surface area contributed by atoms with E-state index in [0.29, 0.717) is 5.69 Å². The van der Waals surface area contributed by atoms with Crippen molar-refractivity contribution in [2.24, 2.45) is 5.92 Å². The maximum atomic E-state index is 12.8. The van der Waals surface area contributed by atoms with Crippen molar-refractivity contribution in [3.05, 3.63) is 36.7 Å². The summed E-state index contributed by atoms with van der Waals surface area (Å²) in [5.74, 6) is -1.72. The first-order valence-corrected chi connectivity index (χ1v) is 10.8. The van der Waals surface area contributed by atoms with Gasteiger partial charge in [-0.15, -0.1) is 0 Å². The largest absolute Gasteiger partial charge is 0.491 e. The third kappa shape index (κ3) is 6.90. The van der Waals surface area contributed by atoms with E-state index in [-0.39, 0.29) is 29.7 Å². The monoisotopic (exact) mass is 459 g/mol. The van der Waals surface area contributed by atoms with Gasteiger partial charge in [0.2, 0.25) is 17.7 Å². The molecular formula is C22H29N5O6. The number of fused-ring (bicyclic) bond motifs is 1. The zero-order valence-electron chi connectivity index (χ0n) is 18.3. The second kappa shape index (κ2) is 11.6. The number of anilines is 1. The first-order valence-electron chi connectivity index (χ1n) is 10.8. The summed E-state index contributed by atoms with van der Waals surface area (Å²) in [7, 11) is 0. The van der Waals surface area contributed by atoms with Crippen molar-refractivity contribution in [3.63, 3.8) is 0 Å². The topological polar surface area (TPSA) is 158 Å². The van der Waals surface area contributed by atoms with E-state index in [1.54, 1.807) is 19.1 Å². The third-order valence-electron chi connectivity index (χ3n) is 5.34. The average molecular weight is 460 g/mol. The molecule has 0 aliphatic carbocycles. The Bertz CT molecular complexity index is 886. The van der Waals surface area contributed by atoms with Gasteiger partial charge in [-0.2, -0.15) is 0 Å². The lowest BCUT2D eigenvalue weighted by molar-refractivity contribution is -0.129. The fourth-order valence-electron chi connectivity index (χ4n) is 3.52. The molecule has 1 saturated heterocycles. The molecule has 2 atom stereocenters. The van der Waals surface area contributed by atoms with Crippen LogP contribution < -0.4 is 31.3 Å². The molecule has 1 fully saturated rings. The van der Waals surface area contributed by atoms with Crippen LogP contribution in [0.2, 0.25) is 0 Å². The predicted octanol–water partition coefficient (Wildman–Crippen LogP) is -0.905. The number of ether oxygens (including phenoxy) is 1. The van der Waals surface area contributed by atoms with Gasteiger partial charge in [0.15, 0.2) is 0 Å². The molecule has 33 heavy (non-hydrogen) atoms. The molecule has 1 aromatic carbocycles. The quantitative estimate of drug-likeness (QED) is 0.342. The van der Waals surface area contributed by atoms with E-state index < -0.39 is 36.4 Å². The minimum absolute atomic E-state index is 0.0364. The van der Waals surface area contributed by atoms with E-state index in [4.69, 9.17) is 4.74 Å². The summed E-state index contributed by atoms with van der Waals surface area (Å²) < 4.78 is 5.76. The van der Waals surface area contributed by atoms with Crippen molar-refractivity contribution < 1.29 is 29.0 Å². The molecule has 2 unspecified atom stereocenters. The van der Waals surface area contributed by atoms with E-state index in [1.807, 2.05) is 0 Å². The number of carbonyl (C=O) groups is 4. The molecule has 6 N–H and O–H groups in total. The molecule has 0 bridgehead atoms. The number of aliphatic hydroxyl groups excluding tert-OH is 1. The Morgan fingerprint density at radius 3 is 2.67 bits per heavy atom. The number of nitrogens with one attached hydrogen (secondary N) is 5. The summed E-state index contributed by atoms with van der Waals surface area (Å²) in [6.45, 7) is 3.84. The van der Waals surface area contributed by atoms with Crippen molar-refractivity contribution in [2.75, 3.05) is 31.6 Å². The van der Waals surface area contributed by atoms with Gasteiger partial charge in [0.25, 0.3) is 5.91 Å². The SMILES string of the molecule is CC1COc2ccc(NC(=O)C3CCNCC3)cc2C(=O)N[CH][CH]C(=O)NC(CO)C(=O)N1. The van der Waals surface area contributed by atoms with Crippen LogP contribution in [0.4, 0.5) is 5.69 Å². The van der Waals surface area contributed by atoms with Crippen LogP contribution in [0.1, 0.15) is 30.1 Å². The average Bonchev–Trinajstić information content (AvgIpc) is 2.81. The molecule has 11 nitrogen and oxygen atoms in total. The molecule has 11 heteroatoms. The lowest BCUT2D eigenvalue weighted by Crippen LogP contribution is -2.52. The zero-order valence-corrected chi connectivity index (χ0v) is 18.3. The fourth-order valence-corrected chi connectivity index (χ4v) is 3.52. The Hall–Kier alpha value is -3.18. The minimum Gasteiger partial charge on any atom is -0.491 e. The highest BCUT2D eigenvalue weighted by Gasteiger charge is 2.24. The molecule has 178 valence electrons. The molecule has 2 aliphatic rings. The third-order valence-corrected chi connectivity index (χ3v) is 5.34. The first-order chi connectivity index (χ1) is 15.9. The molecule has 2 heterocycles. The van der Waals surface area contributed by atoms with E-state index >= 15 is 0 Å². The number of hydrogen-bond donors (Lipinski definition) is 6. The van der Waals surface area contributed by atoms with Gasteiger partial charge in [-0.1, -0.05) is 0 Å². The molecule has 0 saturated carbocycles. The van der Waals surface area contributed by atoms with Gasteiger partial charge in [0, 0.05) is 11.6 Å². The summed E-state index contributed by atoms with van der Waals surface area (Å²) in [6, 6.07) is 3.11. The standard InChI is InChI=1S/C22H29N5O6/c1-13-12-33-18-3-2-15(26-20(30)14-4-7-23-8-5-14)10-16(18)21(31)24-9-6-19(29)27-17(11-28)22(32)25-13/h2-3,6,9-10,13-14,17,23,28H,4-5,7-8,11-12H2,1H3,(H,24,31)(H,25,32)(H,26,30)(H,27,29). The highest BCUT2D eigenvalue weighted by atomic mass is 16.5. The van der Waals surface area contributed by atoms with E-state index in [1.165, 1.54) is 6.07 Å². The Balaban J connectivity index is 1.77. The number of carbonyl (C=O) groups excluding carboxylic acids is 4. The lowest BCUT2D eigenvalue weighted by atomic mass is 9.97. The summed E-state index contributed by atoms with van der Waals surface area (Å²) in [5.41, 5.74) is 0.609. The molecule has 2 aliphatic heterocycles. The van der Waals surface area contributed by atoms with E-state index in [2.05, 4.69) is 26.6 Å². The van der Waals surface area contributed by atoms with Crippen molar-refractivity contribution in [3.8, 4) is 5.75 Å². The normalized spacial score (nSPS) is 23.2. The van der Waals surface area contributed by atoms with Crippen molar-refractivity contribution in [1.82, 2.24) is 21.3 Å². The highest BCUT2D eigenvalue weighted by molar-refractivity contribution is 6.01. The Labute approximate surface area is 192 Å². The summed E-state index contributed by atoms with van der Waals surface area (Å²) >= 11 is 0. The van der Waals surface area contributed by atoms with Crippen molar-refractivity contribution in [2.45, 2.75) is 31.8 Å². The summed E-state index contributed by atoms with van der Waals surface area (Å²) in [4.78, 5) is 49.6. The summed E-state index contributed by atoms with van der Waals surface area (Å²) in [6.07, 6.45) is 2.52. The number of piperidine rings is 1. The van der Waals surface area contributed by atoms with Gasteiger partial charge < -0.3 is 36.4 Å². The van der Waals surface area contributed by atoms with Crippen LogP contribution in [-0.2, 0) is 14.4 Å². The highest BCUT2D eigenvalue weighted by Crippen LogP contribution is 2.25. The number of benzene rings is 1. The predicted molar refractivity (Wildman–Crippen MR) is 119 cm³/mol. The smallest absolute Gasteiger partial charge is 0.255 e. The van der Waals surface area contributed by atoms with E-state index in [0.717, 1.165) is 38.9 Å². The van der Waals surface area contributed by atoms with Crippen LogP contribution in [0.15, 0.2) is 18.2 Å². The maximum absolute atomic E-state index is 12.8. The van der Waals surface area contributed by atoms with Gasteiger partial charge in [-0.3, -0.25) is 19.2 Å². The van der Waals surface area contributed by atoms with E-state index in [9.17, 15) is 24.3 Å². The fraction of sp³-hybridized carbons (Fsp3) is 0.455. The molecule has 3 rings (SSSR count). The molecule has 2 radical (unpaired) electrons. The second-order valence-corrected chi connectivity index (χ2v) is 8.00. The Morgan fingerprint density at radius 2 is 1.94 bits per heavy atom. The number of aliphatic hydroxyl groups is 1. The van der Waals surface area contributed by atoms with Crippen LogP contribution in [0.3, 0.4) is 0 Å². The molecule has 0 spiro atoms. The number of amides is 4. The maximum Gasteiger partial charge on any atom is 0.255 e. The van der Waals surface area contributed by atoms with Gasteiger partial charge >= 0.3 is 0 Å². The molecule has 1 aromatic rings. The van der Waals surface area contributed by atoms with Crippen LogP contribution >= 0.6 is 0 Å². The zero-order chi connectivity index (χ0) is 23.8. The van der Waals surface area contributed by atoms with Crippen LogP contribution in [0.5, 0.6) is 5.75 Å². The number of hydrogen-bond acceptors (Lipinski definition) is 7. The molecule has 0 aromatic heterocycles. The van der Waals surface area contributed by atoms with Crippen LogP contribution in [-0.4, -0.2) is 67.1 Å². The van der Waals surface area contributed by atoms with Gasteiger partial charge in [-0.05, 0) is 51.1 Å². The van der Waals surface area contributed by atoms with Gasteiger partial charge in [0.05, 0.1) is 31.2 Å².